The topological polar surface area (TPSA) is 102 Å². The van der Waals surface area contributed by atoms with Crippen LogP contribution in [0.2, 0.25) is 5.02 Å². The van der Waals surface area contributed by atoms with Gasteiger partial charge in [-0.15, -0.1) is 0 Å². The molecular formula is C17H20ClN3O5S. The van der Waals surface area contributed by atoms with E-state index < -0.39 is 22.0 Å². The average Bonchev–Trinajstić information content (AvgIpc) is 2.99. The van der Waals surface area contributed by atoms with Crippen molar-refractivity contribution >= 4 is 27.6 Å². The zero-order valence-electron chi connectivity index (χ0n) is 15.2. The fourth-order valence-corrected chi connectivity index (χ4v) is 5.32. The molecule has 1 N–H and O–H groups in total. The van der Waals surface area contributed by atoms with Crippen LogP contribution in [0.5, 0.6) is 0 Å². The van der Waals surface area contributed by atoms with E-state index in [2.05, 4.69) is 14.9 Å². The molecule has 0 unspecified atom stereocenters. The molecule has 0 saturated carbocycles. The number of carbonyl (C=O) groups is 1. The first-order valence-corrected chi connectivity index (χ1v) is 10.1. The second-order valence-electron chi connectivity index (χ2n) is 6.19. The maximum Gasteiger partial charge on any atom is 0.337 e. The summed E-state index contributed by atoms with van der Waals surface area (Å²) in [5.74, 6) is -0.588. The summed E-state index contributed by atoms with van der Waals surface area (Å²) in [6.45, 7) is 4.34. The van der Waals surface area contributed by atoms with Crippen LogP contribution in [0.1, 0.15) is 33.4 Å². The Morgan fingerprint density at radius 2 is 2.15 bits per heavy atom. The van der Waals surface area contributed by atoms with E-state index in [-0.39, 0.29) is 35.2 Å². The third-order valence-corrected chi connectivity index (χ3v) is 6.93. The molecule has 0 spiro atoms. The molecule has 1 aliphatic heterocycles. The number of nitrogens with zero attached hydrogens (tertiary/aromatic N) is 2. The minimum atomic E-state index is -3.92. The molecule has 1 fully saturated rings. The molecule has 1 atom stereocenters. The third kappa shape index (κ3) is 3.60. The van der Waals surface area contributed by atoms with Crippen molar-refractivity contribution in [3.63, 3.8) is 0 Å². The van der Waals surface area contributed by atoms with Gasteiger partial charge >= 0.3 is 5.97 Å². The molecule has 1 aliphatic rings. The molecule has 1 saturated heterocycles. The highest BCUT2D eigenvalue weighted by atomic mass is 35.5. The lowest BCUT2D eigenvalue weighted by Gasteiger charge is -2.35. The fraction of sp³-hybridized carbons (Fsp3) is 0.412. The van der Waals surface area contributed by atoms with Gasteiger partial charge in [0, 0.05) is 17.8 Å². The summed E-state index contributed by atoms with van der Waals surface area (Å²) in [7, 11) is -2.68. The van der Waals surface area contributed by atoms with Crippen LogP contribution in [0.25, 0.3) is 0 Å². The van der Waals surface area contributed by atoms with Crippen molar-refractivity contribution in [2.24, 2.45) is 0 Å². The lowest BCUT2D eigenvalue weighted by atomic mass is 10.1. The van der Waals surface area contributed by atoms with E-state index in [1.165, 1.54) is 29.6 Å². The van der Waals surface area contributed by atoms with Gasteiger partial charge in [-0.3, -0.25) is 5.10 Å². The number of rotatable bonds is 4. The minimum Gasteiger partial charge on any atom is -0.465 e. The van der Waals surface area contributed by atoms with Gasteiger partial charge in [-0.25, -0.2) is 13.2 Å². The predicted octanol–water partition coefficient (Wildman–Crippen LogP) is 2.23. The van der Waals surface area contributed by atoms with E-state index >= 15 is 0 Å². The van der Waals surface area contributed by atoms with Crippen LogP contribution in [0, 0.1) is 13.8 Å². The zero-order chi connectivity index (χ0) is 19.8. The summed E-state index contributed by atoms with van der Waals surface area (Å²) in [4.78, 5) is 11.6. The molecule has 1 aromatic heterocycles. The Labute approximate surface area is 162 Å². The van der Waals surface area contributed by atoms with Gasteiger partial charge in [0.1, 0.15) is 4.90 Å². The van der Waals surface area contributed by atoms with Crippen molar-refractivity contribution in [2.75, 3.05) is 26.9 Å². The van der Waals surface area contributed by atoms with Crippen molar-refractivity contribution in [1.29, 1.82) is 0 Å². The predicted molar refractivity (Wildman–Crippen MR) is 98.3 cm³/mol. The molecule has 0 aliphatic carbocycles. The standard InChI is InChI=1S/C17H20ClN3O5S/c1-10-16(11(2)20-19-10)14-9-26-7-6-21(14)27(23,24)15-5-4-12(8-13(15)18)17(22)25-3/h4-5,8,14H,6-7,9H2,1-3H3,(H,19,20)/t14-/m1/s1. The fourth-order valence-electron chi connectivity index (χ4n) is 3.24. The summed E-state index contributed by atoms with van der Waals surface area (Å²) in [6.07, 6.45) is 0. The van der Waals surface area contributed by atoms with Crippen molar-refractivity contribution in [3.8, 4) is 0 Å². The van der Waals surface area contributed by atoms with Crippen LogP contribution in [0.15, 0.2) is 23.1 Å². The molecule has 10 heteroatoms. The van der Waals surface area contributed by atoms with Crippen LogP contribution >= 0.6 is 11.6 Å². The average molecular weight is 414 g/mol. The van der Waals surface area contributed by atoms with Crippen molar-refractivity contribution in [3.05, 3.63) is 45.7 Å². The second-order valence-corrected chi connectivity index (χ2v) is 8.46. The number of carbonyl (C=O) groups excluding carboxylic acids is 1. The van der Waals surface area contributed by atoms with Crippen LogP contribution in [-0.2, 0) is 19.5 Å². The third-order valence-electron chi connectivity index (χ3n) is 4.54. The van der Waals surface area contributed by atoms with Gasteiger partial charge in [0.25, 0.3) is 0 Å². The Kier molecular flexibility index (Phi) is 5.57. The first-order valence-electron chi connectivity index (χ1n) is 8.26. The first-order chi connectivity index (χ1) is 12.8. The lowest BCUT2D eigenvalue weighted by molar-refractivity contribution is 0.0316. The zero-order valence-corrected chi connectivity index (χ0v) is 16.7. The van der Waals surface area contributed by atoms with Gasteiger partial charge in [0.2, 0.25) is 10.0 Å². The van der Waals surface area contributed by atoms with Crippen molar-refractivity contribution < 1.29 is 22.7 Å². The lowest BCUT2D eigenvalue weighted by Crippen LogP contribution is -2.43. The van der Waals surface area contributed by atoms with Crippen LogP contribution in [0.4, 0.5) is 0 Å². The maximum absolute atomic E-state index is 13.3. The number of halogens is 1. The SMILES string of the molecule is COC(=O)c1ccc(S(=O)(=O)N2CCOC[C@@H]2c2c(C)n[nH]c2C)c(Cl)c1. The minimum absolute atomic E-state index is 0.0382. The van der Waals surface area contributed by atoms with Gasteiger partial charge < -0.3 is 9.47 Å². The highest BCUT2D eigenvalue weighted by Gasteiger charge is 2.38. The number of aromatic amines is 1. The molecule has 146 valence electrons. The summed E-state index contributed by atoms with van der Waals surface area (Å²) >= 11 is 6.21. The van der Waals surface area contributed by atoms with E-state index in [4.69, 9.17) is 16.3 Å². The van der Waals surface area contributed by atoms with Crippen molar-refractivity contribution in [1.82, 2.24) is 14.5 Å². The molecule has 2 aromatic rings. The number of methoxy groups -OCH3 is 1. The number of nitrogens with one attached hydrogen (secondary N) is 1. The molecule has 0 radical (unpaired) electrons. The van der Waals surface area contributed by atoms with E-state index in [9.17, 15) is 13.2 Å². The Bertz CT molecular complexity index is 953. The number of aryl methyl sites for hydroxylation is 2. The van der Waals surface area contributed by atoms with E-state index in [1.54, 1.807) is 0 Å². The van der Waals surface area contributed by atoms with Gasteiger partial charge in [0.15, 0.2) is 0 Å². The van der Waals surface area contributed by atoms with E-state index in [0.717, 1.165) is 17.0 Å². The number of benzene rings is 1. The normalized spacial score (nSPS) is 18.4. The highest BCUT2D eigenvalue weighted by Crippen LogP contribution is 2.35. The highest BCUT2D eigenvalue weighted by molar-refractivity contribution is 7.89. The number of aromatic nitrogens is 2. The van der Waals surface area contributed by atoms with Crippen LogP contribution < -0.4 is 0 Å². The second kappa shape index (κ2) is 7.59. The number of hydrogen-bond acceptors (Lipinski definition) is 6. The quantitative estimate of drug-likeness (QED) is 0.771. The molecular weight excluding hydrogens is 394 g/mol. The van der Waals surface area contributed by atoms with Crippen molar-refractivity contribution in [2.45, 2.75) is 24.8 Å². The summed E-state index contributed by atoms with van der Waals surface area (Å²) in [5.41, 5.74) is 2.48. The Balaban J connectivity index is 2.03. The summed E-state index contributed by atoms with van der Waals surface area (Å²) in [6, 6.07) is 3.49. The Morgan fingerprint density at radius 3 is 2.74 bits per heavy atom. The molecule has 3 rings (SSSR count). The summed E-state index contributed by atoms with van der Waals surface area (Å²) < 4.78 is 38.2. The molecule has 1 aromatic carbocycles. The summed E-state index contributed by atoms with van der Waals surface area (Å²) in [5, 5.41) is 7.00. The number of hydrogen-bond donors (Lipinski definition) is 1. The first kappa shape index (κ1) is 19.8. The van der Waals surface area contributed by atoms with Crippen LogP contribution in [0.3, 0.4) is 0 Å². The number of morpholine rings is 1. The van der Waals surface area contributed by atoms with E-state index in [0.29, 0.717) is 0 Å². The molecule has 0 amide bonds. The Hall–Kier alpha value is -1.94. The largest absolute Gasteiger partial charge is 0.465 e. The molecule has 8 nitrogen and oxygen atoms in total. The van der Waals surface area contributed by atoms with Gasteiger partial charge in [-0.1, -0.05) is 11.6 Å². The number of sulfonamides is 1. The molecule has 0 bridgehead atoms. The van der Waals surface area contributed by atoms with Gasteiger partial charge in [-0.05, 0) is 32.0 Å². The van der Waals surface area contributed by atoms with E-state index in [1.807, 2.05) is 13.8 Å². The molecule has 27 heavy (non-hydrogen) atoms. The van der Waals surface area contributed by atoms with Gasteiger partial charge in [0.05, 0.1) is 42.6 Å². The number of esters is 1. The molecule has 2 heterocycles. The Morgan fingerprint density at radius 1 is 1.41 bits per heavy atom. The smallest absolute Gasteiger partial charge is 0.337 e. The monoisotopic (exact) mass is 413 g/mol. The van der Waals surface area contributed by atoms with Gasteiger partial charge in [-0.2, -0.15) is 9.40 Å². The number of H-pyrrole nitrogens is 1. The maximum atomic E-state index is 13.3. The van der Waals surface area contributed by atoms with Crippen LogP contribution in [-0.4, -0.2) is 55.8 Å². The number of ether oxygens (including phenoxy) is 2.